The number of carbonyl (C=O) groups excluding carboxylic acids is 3. The molecule has 3 aromatic carbocycles. The highest BCUT2D eigenvalue weighted by atomic mass is 16.5. The lowest BCUT2D eigenvalue weighted by Crippen LogP contribution is -2.15. The van der Waals surface area contributed by atoms with E-state index >= 15 is 0 Å². The van der Waals surface area contributed by atoms with Crippen LogP contribution >= 0.6 is 0 Å². The Hall–Kier alpha value is -4.64. The molecule has 0 saturated carbocycles. The molecule has 0 heterocycles. The minimum atomic E-state index is -0.483. The molecule has 0 aliphatic rings. The first-order chi connectivity index (χ1) is 21.9. The van der Waals surface area contributed by atoms with Crippen molar-refractivity contribution in [3.05, 3.63) is 83.9 Å². The Morgan fingerprint density at radius 1 is 0.689 bits per heavy atom. The van der Waals surface area contributed by atoms with Gasteiger partial charge in [-0.3, -0.25) is 4.79 Å². The van der Waals surface area contributed by atoms with Crippen LogP contribution in [0.25, 0.3) is 11.1 Å². The van der Waals surface area contributed by atoms with Crippen molar-refractivity contribution in [1.82, 2.24) is 0 Å². The molecule has 8 heteroatoms. The maximum atomic E-state index is 12.7. The zero-order valence-electron chi connectivity index (χ0n) is 26.3. The summed E-state index contributed by atoms with van der Waals surface area (Å²) >= 11 is 0. The Morgan fingerprint density at radius 3 is 1.89 bits per heavy atom. The van der Waals surface area contributed by atoms with Gasteiger partial charge in [-0.05, 0) is 105 Å². The molecular formula is C37H43NO7. The van der Waals surface area contributed by atoms with E-state index in [1.54, 1.807) is 54.6 Å². The van der Waals surface area contributed by atoms with Gasteiger partial charge in [0.05, 0.1) is 36.5 Å². The predicted molar refractivity (Wildman–Crippen MR) is 172 cm³/mol. The minimum Gasteiger partial charge on any atom is -0.494 e. The summed E-state index contributed by atoms with van der Waals surface area (Å²) in [5, 5.41) is 8.43. The average Bonchev–Trinajstić information content (AvgIpc) is 3.05. The van der Waals surface area contributed by atoms with Crippen molar-refractivity contribution in [1.29, 1.82) is 5.26 Å². The van der Waals surface area contributed by atoms with Crippen LogP contribution in [-0.4, -0.2) is 37.2 Å². The van der Waals surface area contributed by atoms with Crippen molar-refractivity contribution in [2.24, 2.45) is 0 Å². The summed E-state index contributed by atoms with van der Waals surface area (Å²) in [5.41, 5.74) is 2.80. The van der Waals surface area contributed by atoms with Crippen LogP contribution in [0.5, 0.6) is 11.5 Å². The first-order valence-electron chi connectivity index (χ1n) is 15.8. The molecular weight excluding hydrogens is 570 g/mol. The number of ether oxygens (including phenoxy) is 4. The van der Waals surface area contributed by atoms with Gasteiger partial charge in [0.2, 0.25) is 0 Å². The fourth-order valence-electron chi connectivity index (χ4n) is 4.58. The van der Waals surface area contributed by atoms with Gasteiger partial charge in [0.1, 0.15) is 17.9 Å². The number of benzene rings is 3. The van der Waals surface area contributed by atoms with Gasteiger partial charge < -0.3 is 18.9 Å². The lowest BCUT2D eigenvalue weighted by atomic mass is 10.0. The van der Waals surface area contributed by atoms with Gasteiger partial charge in [-0.25, -0.2) is 9.59 Å². The third-order valence-corrected chi connectivity index (χ3v) is 7.18. The number of unbranched alkanes of at least 4 members (excludes halogenated alkanes) is 6. The lowest BCUT2D eigenvalue weighted by molar-refractivity contribution is -0.142. The van der Waals surface area contributed by atoms with Gasteiger partial charge in [-0.1, -0.05) is 50.5 Å². The zero-order chi connectivity index (χ0) is 32.3. The fourth-order valence-corrected chi connectivity index (χ4v) is 4.58. The van der Waals surface area contributed by atoms with Crippen LogP contribution in [0.4, 0.5) is 0 Å². The van der Waals surface area contributed by atoms with E-state index in [2.05, 4.69) is 6.92 Å². The number of hydrogen-bond acceptors (Lipinski definition) is 8. The van der Waals surface area contributed by atoms with E-state index < -0.39 is 11.9 Å². The Bertz CT molecular complexity index is 1380. The Labute approximate surface area is 266 Å². The Balaban J connectivity index is 1.38. The van der Waals surface area contributed by atoms with Crippen LogP contribution < -0.4 is 9.47 Å². The molecule has 45 heavy (non-hydrogen) atoms. The first kappa shape index (κ1) is 34.8. The zero-order valence-corrected chi connectivity index (χ0v) is 26.3. The van der Waals surface area contributed by atoms with Gasteiger partial charge in [-0.15, -0.1) is 0 Å². The summed E-state index contributed by atoms with van der Waals surface area (Å²) in [4.78, 5) is 36.3. The van der Waals surface area contributed by atoms with E-state index in [-0.39, 0.29) is 18.5 Å². The number of nitriles is 1. The summed E-state index contributed by atoms with van der Waals surface area (Å²) in [7, 11) is 0. The van der Waals surface area contributed by atoms with E-state index in [0.717, 1.165) is 56.1 Å². The molecule has 0 amide bonds. The van der Waals surface area contributed by atoms with Crippen LogP contribution in [0.15, 0.2) is 72.8 Å². The summed E-state index contributed by atoms with van der Waals surface area (Å²) in [6.45, 7) is 4.98. The minimum absolute atomic E-state index is 0.105. The van der Waals surface area contributed by atoms with E-state index in [9.17, 15) is 14.4 Å². The molecule has 0 fully saturated rings. The highest BCUT2D eigenvalue weighted by Crippen LogP contribution is 2.24. The molecule has 3 aromatic rings. The van der Waals surface area contributed by atoms with E-state index in [4.69, 9.17) is 24.2 Å². The van der Waals surface area contributed by atoms with Crippen LogP contribution in [0.2, 0.25) is 0 Å². The van der Waals surface area contributed by atoms with E-state index in [1.165, 1.54) is 12.8 Å². The summed E-state index contributed by atoms with van der Waals surface area (Å²) in [6.07, 6.45) is 8.59. The summed E-state index contributed by atoms with van der Waals surface area (Å²) < 4.78 is 21.8. The third kappa shape index (κ3) is 12.9. The molecule has 1 atom stereocenters. The Kier molecular flexibility index (Phi) is 15.2. The summed E-state index contributed by atoms with van der Waals surface area (Å²) in [6, 6.07) is 23.1. The molecule has 8 nitrogen and oxygen atoms in total. The number of esters is 3. The molecule has 0 spiro atoms. The molecule has 0 saturated heterocycles. The number of rotatable bonds is 19. The molecule has 0 N–H and O–H groups in total. The lowest BCUT2D eigenvalue weighted by Gasteiger charge is -2.13. The molecule has 3 rings (SSSR count). The van der Waals surface area contributed by atoms with Crippen LogP contribution in [-0.2, 0) is 14.3 Å². The smallest absolute Gasteiger partial charge is 0.343 e. The average molecular weight is 614 g/mol. The highest BCUT2D eigenvalue weighted by Gasteiger charge is 2.13. The van der Waals surface area contributed by atoms with Crippen LogP contribution in [0.1, 0.15) is 98.8 Å². The van der Waals surface area contributed by atoms with Gasteiger partial charge >= 0.3 is 17.9 Å². The van der Waals surface area contributed by atoms with Crippen molar-refractivity contribution < 1.29 is 33.3 Å². The molecule has 0 radical (unpaired) electrons. The standard InChI is InChI=1S/C37H43NO7/c1-3-4-5-8-11-28(2)44-36(40)31-14-12-29(13-15-31)30-16-22-34(23-17-30)45-37(41)32-18-20-33(21-19-32)42-26-9-6-7-10-27-43-35(39)24-25-38/h12-23,28H,3-11,24,26-27H2,1-2H3. The largest absolute Gasteiger partial charge is 0.494 e. The number of carbonyl (C=O) groups is 3. The van der Waals surface area contributed by atoms with Crippen molar-refractivity contribution in [3.63, 3.8) is 0 Å². The number of nitrogens with zero attached hydrogens (tertiary/aromatic N) is 1. The van der Waals surface area contributed by atoms with Crippen LogP contribution in [0.3, 0.4) is 0 Å². The summed E-state index contributed by atoms with van der Waals surface area (Å²) in [5.74, 6) is -0.168. The van der Waals surface area contributed by atoms with Crippen LogP contribution in [0, 0.1) is 11.3 Å². The van der Waals surface area contributed by atoms with E-state index in [1.807, 2.05) is 31.2 Å². The maximum absolute atomic E-state index is 12.7. The van der Waals surface area contributed by atoms with E-state index in [0.29, 0.717) is 35.8 Å². The molecule has 0 aliphatic carbocycles. The van der Waals surface area contributed by atoms with Crippen molar-refractivity contribution in [3.8, 4) is 28.7 Å². The molecule has 1 unspecified atom stereocenters. The quantitative estimate of drug-likeness (QED) is 0.0752. The normalized spacial score (nSPS) is 11.2. The van der Waals surface area contributed by atoms with Gasteiger partial charge in [0.15, 0.2) is 0 Å². The molecule has 238 valence electrons. The molecule has 0 aliphatic heterocycles. The predicted octanol–water partition coefficient (Wildman–Crippen LogP) is 8.48. The SMILES string of the molecule is CCCCCCC(C)OC(=O)c1ccc(-c2ccc(OC(=O)c3ccc(OCCCCCCOC(=O)CC#N)cc3)cc2)cc1. The Morgan fingerprint density at radius 2 is 1.24 bits per heavy atom. The monoisotopic (exact) mass is 613 g/mol. The second kappa shape index (κ2) is 19.6. The van der Waals surface area contributed by atoms with Crippen molar-refractivity contribution in [2.45, 2.75) is 84.2 Å². The third-order valence-electron chi connectivity index (χ3n) is 7.18. The van der Waals surface area contributed by atoms with Gasteiger partial charge in [0, 0.05) is 0 Å². The van der Waals surface area contributed by atoms with Crippen molar-refractivity contribution >= 4 is 17.9 Å². The molecule has 0 bridgehead atoms. The fraction of sp³-hybridized carbons (Fsp3) is 0.405. The first-order valence-corrected chi connectivity index (χ1v) is 15.8. The topological polar surface area (TPSA) is 112 Å². The second-order valence-electron chi connectivity index (χ2n) is 10.9. The maximum Gasteiger partial charge on any atom is 0.343 e. The van der Waals surface area contributed by atoms with Crippen molar-refractivity contribution in [2.75, 3.05) is 13.2 Å². The molecule has 0 aromatic heterocycles. The highest BCUT2D eigenvalue weighted by molar-refractivity contribution is 5.91. The van der Waals surface area contributed by atoms with Gasteiger partial charge in [0.25, 0.3) is 0 Å². The number of hydrogen-bond donors (Lipinski definition) is 0. The van der Waals surface area contributed by atoms with Gasteiger partial charge in [-0.2, -0.15) is 5.26 Å². The second-order valence-corrected chi connectivity index (χ2v) is 10.9.